The predicted octanol–water partition coefficient (Wildman–Crippen LogP) is 3.15. The van der Waals surface area contributed by atoms with Gasteiger partial charge in [-0.1, -0.05) is 32.6 Å². The lowest BCUT2D eigenvalue weighted by Gasteiger charge is -2.13. The maximum atomic E-state index is 3.99. The van der Waals surface area contributed by atoms with Gasteiger partial charge in [-0.3, -0.25) is 0 Å². The topological polar surface area (TPSA) is 37.8 Å². The van der Waals surface area contributed by atoms with Gasteiger partial charge in [-0.05, 0) is 36.2 Å². The molecule has 1 heterocycles. The smallest absolute Gasteiger partial charge is 0.0893 e. The van der Waals surface area contributed by atoms with Gasteiger partial charge < -0.3 is 5.32 Å². The number of benzene rings is 1. The molecule has 0 spiro atoms. The van der Waals surface area contributed by atoms with Gasteiger partial charge in [0.1, 0.15) is 0 Å². The molecule has 1 aromatic heterocycles. The molecule has 0 unspecified atom stereocenters. The van der Waals surface area contributed by atoms with Crippen molar-refractivity contribution in [2.75, 3.05) is 0 Å². The lowest BCUT2D eigenvalue weighted by atomic mass is 10.1. The Balaban J connectivity index is 1.93. The molecule has 1 atom stereocenters. The molecule has 0 amide bonds. The highest BCUT2D eigenvalue weighted by Crippen LogP contribution is 2.16. The summed E-state index contributed by atoms with van der Waals surface area (Å²) in [5, 5.41) is 9.36. The van der Waals surface area contributed by atoms with Crippen LogP contribution in [0.2, 0.25) is 0 Å². The number of rotatable bonds is 4. The second-order valence-corrected chi connectivity index (χ2v) is 5.08. The first-order chi connectivity index (χ1) is 7.75. The van der Waals surface area contributed by atoms with E-state index in [-0.39, 0.29) is 0 Å². The van der Waals surface area contributed by atoms with E-state index in [1.165, 1.54) is 17.1 Å². The van der Waals surface area contributed by atoms with Crippen molar-refractivity contribution in [1.29, 1.82) is 0 Å². The average molecular weight is 298 g/mol. The third-order valence-electron chi connectivity index (χ3n) is 2.36. The largest absolute Gasteiger partial charge is 0.304 e. The highest BCUT2D eigenvalue weighted by atomic mass is 79.9. The molecule has 5 heteroatoms. The summed E-state index contributed by atoms with van der Waals surface area (Å²) >= 11 is 4.81. The minimum Gasteiger partial charge on any atom is -0.304 e. The lowest BCUT2D eigenvalue weighted by Crippen LogP contribution is -2.18. The summed E-state index contributed by atoms with van der Waals surface area (Å²) in [7, 11) is 0. The Bertz CT molecular complexity index is 427. The third kappa shape index (κ3) is 3.10. The van der Waals surface area contributed by atoms with Crippen LogP contribution in [0.25, 0.3) is 0 Å². The average Bonchev–Trinajstić information content (AvgIpc) is 2.80. The van der Waals surface area contributed by atoms with Crippen LogP contribution in [-0.4, -0.2) is 9.59 Å². The molecular weight excluding hydrogens is 286 g/mol. The molecule has 16 heavy (non-hydrogen) atoms. The van der Waals surface area contributed by atoms with E-state index in [0.717, 1.165) is 16.7 Å². The normalized spacial score (nSPS) is 12.6. The fraction of sp³-hybridized carbons (Fsp3) is 0.273. The number of hydrogen-bond donors (Lipinski definition) is 1. The van der Waals surface area contributed by atoms with Crippen molar-refractivity contribution in [3.8, 4) is 0 Å². The zero-order chi connectivity index (χ0) is 11.4. The summed E-state index contributed by atoms with van der Waals surface area (Å²) in [6, 6.07) is 8.65. The first kappa shape index (κ1) is 11.7. The second-order valence-electron chi connectivity index (χ2n) is 3.55. The van der Waals surface area contributed by atoms with E-state index in [4.69, 9.17) is 0 Å². The quantitative estimate of drug-likeness (QED) is 0.942. The van der Waals surface area contributed by atoms with Gasteiger partial charge in [-0.2, -0.15) is 0 Å². The van der Waals surface area contributed by atoms with Gasteiger partial charge >= 0.3 is 0 Å². The maximum absolute atomic E-state index is 3.99. The fourth-order valence-corrected chi connectivity index (χ4v) is 2.10. The first-order valence-corrected chi connectivity index (χ1v) is 6.63. The van der Waals surface area contributed by atoms with E-state index in [9.17, 15) is 0 Å². The van der Waals surface area contributed by atoms with Crippen molar-refractivity contribution in [3.63, 3.8) is 0 Å². The number of nitrogens with zero attached hydrogens (tertiary/aromatic N) is 2. The number of hydrogen-bond acceptors (Lipinski definition) is 4. The molecule has 0 aliphatic rings. The molecule has 0 fully saturated rings. The van der Waals surface area contributed by atoms with Crippen LogP contribution in [0.5, 0.6) is 0 Å². The Morgan fingerprint density at radius 3 is 2.75 bits per heavy atom. The van der Waals surface area contributed by atoms with E-state index in [2.05, 4.69) is 62.0 Å². The lowest BCUT2D eigenvalue weighted by molar-refractivity contribution is 0.567. The standard InChI is InChI=1S/C11H12BrN3S/c1-8(9-2-4-10(12)5-3-9)13-6-11-7-16-15-14-11/h2-5,7-8,13H,6H2,1H3/t8-/m0/s1. The van der Waals surface area contributed by atoms with Crippen molar-refractivity contribution in [2.24, 2.45) is 0 Å². The van der Waals surface area contributed by atoms with E-state index in [0.29, 0.717) is 6.04 Å². The molecular formula is C11H12BrN3S. The molecule has 84 valence electrons. The van der Waals surface area contributed by atoms with Crippen LogP contribution < -0.4 is 5.32 Å². The van der Waals surface area contributed by atoms with Gasteiger partial charge in [0.25, 0.3) is 0 Å². The first-order valence-electron chi connectivity index (χ1n) is 5.00. The Morgan fingerprint density at radius 2 is 2.12 bits per heavy atom. The van der Waals surface area contributed by atoms with Crippen molar-refractivity contribution in [2.45, 2.75) is 19.5 Å². The van der Waals surface area contributed by atoms with E-state index >= 15 is 0 Å². The molecule has 2 aromatic rings. The minimum atomic E-state index is 0.315. The number of halogens is 1. The van der Waals surface area contributed by atoms with Gasteiger partial charge in [0.05, 0.1) is 5.69 Å². The Hall–Kier alpha value is -0.780. The zero-order valence-corrected chi connectivity index (χ0v) is 11.3. The minimum absolute atomic E-state index is 0.315. The number of aromatic nitrogens is 2. The molecule has 1 aromatic carbocycles. The van der Waals surface area contributed by atoms with Crippen LogP contribution in [0.4, 0.5) is 0 Å². The molecule has 0 aliphatic carbocycles. The Labute approximate surface area is 107 Å². The maximum Gasteiger partial charge on any atom is 0.0893 e. The molecule has 0 saturated carbocycles. The highest BCUT2D eigenvalue weighted by molar-refractivity contribution is 9.10. The number of nitrogens with one attached hydrogen (secondary N) is 1. The summed E-state index contributed by atoms with van der Waals surface area (Å²) in [4.78, 5) is 0. The van der Waals surface area contributed by atoms with E-state index < -0.39 is 0 Å². The van der Waals surface area contributed by atoms with Crippen LogP contribution in [0.3, 0.4) is 0 Å². The summed E-state index contributed by atoms with van der Waals surface area (Å²) in [5.74, 6) is 0. The Kier molecular flexibility index (Phi) is 4.04. The highest BCUT2D eigenvalue weighted by Gasteiger charge is 2.05. The summed E-state index contributed by atoms with van der Waals surface area (Å²) in [5.41, 5.74) is 2.26. The van der Waals surface area contributed by atoms with Gasteiger partial charge in [0, 0.05) is 22.4 Å². The fourth-order valence-electron chi connectivity index (χ4n) is 1.39. The SMILES string of the molecule is C[C@H](NCc1csnn1)c1ccc(Br)cc1. The van der Waals surface area contributed by atoms with Crippen LogP contribution in [0, 0.1) is 0 Å². The molecule has 0 aliphatic heterocycles. The summed E-state index contributed by atoms with van der Waals surface area (Å²) in [6.45, 7) is 2.90. The van der Waals surface area contributed by atoms with Crippen LogP contribution in [0.15, 0.2) is 34.1 Å². The third-order valence-corrected chi connectivity index (χ3v) is 3.45. The molecule has 3 nitrogen and oxygen atoms in total. The van der Waals surface area contributed by atoms with Crippen molar-refractivity contribution >= 4 is 27.5 Å². The zero-order valence-electron chi connectivity index (χ0n) is 8.85. The van der Waals surface area contributed by atoms with Gasteiger partial charge in [-0.25, -0.2) is 0 Å². The van der Waals surface area contributed by atoms with Crippen molar-refractivity contribution in [1.82, 2.24) is 14.9 Å². The molecule has 0 bridgehead atoms. The van der Waals surface area contributed by atoms with E-state index in [1.54, 1.807) is 0 Å². The van der Waals surface area contributed by atoms with Gasteiger partial charge in [0.2, 0.25) is 0 Å². The summed E-state index contributed by atoms with van der Waals surface area (Å²) < 4.78 is 4.93. The molecule has 2 rings (SSSR count). The van der Waals surface area contributed by atoms with Crippen molar-refractivity contribution in [3.05, 3.63) is 45.4 Å². The van der Waals surface area contributed by atoms with Gasteiger partial charge in [0.15, 0.2) is 0 Å². The van der Waals surface area contributed by atoms with E-state index in [1.807, 2.05) is 5.38 Å². The second kappa shape index (κ2) is 5.52. The van der Waals surface area contributed by atoms with Crippen LogP contribution in [-0.2, 0) is 6.54 Å². The monoisotopic (exact) mass is 297 g/mol. The van der Waals surface area contributed by atoms with Crippen LogP contribution in [0.1, 0.15) is 24.2 Å². The Morgan fingerprint density at radius 1 is 1.38 bits per heavy atom. The molecule has 0 saturated heterocycles. The van der Waals surface area contributed by atoms with Crippen LogP contribution >= 0.6 is 27.5 Å². The molecule has 1 N–H and O–H groups in total. The molecule has 0 radical (unpaired) electrons. The predicted molar refractivity (Wildman–Crippen MR) is 69.3 cm³/mol. The van der Waals surface area contributed by atoms with Gasteiger partial charge in [-0.15, -0.1) is 5.10 Å². The van der Waals surface area contributed by atoms with Crippen molar-refractivity contribution < 1.29 is 0 Å². The summed E-state index contributed by atoms with van der Waals surface area (Å²) in [6.07, 6.45) is 0.